The molecule has 2 heterocycles. The molecule has 7 heteroatoms. The van der Waals surface area contributed by atoms with Gasteiger partial charge in [0.1, 0.15) is 0 Å². The SMILES string of the molecule is CC(c1cccc(NC(=O)C2CC(F)(F)CN2)c1)N1CCOCC1. The van der Waals surface area contributed by atoms with Crippen LogP contribution in [0.2, 0.25) is 0 Å². The Balaban J connectivity index is 1.63. The topological polar surface area (TPSA) is 53.6 Å². The van der Waals surface area contributed by atoms with Crippen molar-refractivity contribution in [3.05, 3.63) is 29.8 Å². The van der Waals surface area contributed by atoms with Crippen molar-refractivity contribution in [3.63, 3.8) is 0 Å². The van der Waals surface area contributed by atoms with Crippen molar-refractivity contribution in [2.45, 2.75) is 31.4 Å². The van der Waals surface area contributed by atoms with Gasteiger partial charge in [-0.15, -0.1) is 0 Å². The van der Waals surface area contributed by atoms with Crippen molar-refractivity contribution in [2.75, 3.05) is 38.2 Å². The molecule has 2 aliphatic heterocycles. The predicted octanol–water partition coefficient (Wildman–Crippen LogP) is 2.02. The number of ether oxygens (including phenoxy) is 1. The number of hydrogen-bond donors (Lipinski definition) is 2. The summed E-state index contributed by atoms with van der Waals surface area (Å²) in [5.41, 5.74) is 1.72. The Bertz CT molecular complexity index is 591. The number of hydrogen-bond acceptors (Lipinski definition) is 4. The van der Waals surface area contributed by atoms with Gasteiger partial charge in [0.25, 0.3) is 5.92 Å². The third-order valence-corrected chi connectivity index (χ3v) is 4.66. The molecule has 132 valence electrons. The highest BCUT2D eigenvalue weighted by Crippen LogP contribution is 2.27. The molecule has 5 nitrogen and oxygen atoms in total. The first-order valence-electron chi connectivity index (χ1n) is 8.28. The summed E-state index contributed by atoms with van der Waals surface area (Å²) in [4.78, 5) is 14.5. The summed E-state index contributed by atoms with van der Waals surface area (Å²) in [6, 6.07) is 6.93. The standard InChI is InChI=1S/C17H23F2N3O2/c1-12(22-5-7-24-8-6-22)13-3-2-4-14(9-13)21-16(23)15-10-17(18,19)11-20-15/h2-4,9,12,15,20H,5-8,10-11H2,1H3,(H,21,23). The lowest BCUT2D eigenvalue weighted by molar-refractivity contribution is -0.118. The molecule has 0 aliphatic carbocycles. The first-order valence-corrected chi connectivity index (χ1v) is 8.28. The minimum Gasteiger partial charge on any atom is -0.379 e. The van der Waals surface area contributed by atoms with Gasteiger partial charge >= 0.3 is 0 Å². The molecular formula is C17H23F2N3O2. The minimum atomic E-state index is -2.81. The van der Waals surface area contributed by atoms with Crippen LogP contribution in [0.4, 0.5) is 14.5 Å². The zero-order chi connectivity index (χ0) is 17.2. The summed E-state index contributed by atoms with van der Waals surface area (Å²) >= 11 is 0. The molecule has 0 saturated carbocycles. The maximum Gasteiger partial charge on any atom is 0.262 e. The van der Waals surface area contributed by atoms with Crippen LogP contribution in [0.15, 0.2) is 24.3 Å². The van der Waals surface area contributed by atoms with Crippen molar-refractivity contribution in [2.24, 2.45) is 0 Å². The molecule has 2 unspecified atom stereocenters. The number of benzene rings is 1. The van der Waals surface area contributed by atoms with E-state index in [1.165, 1.54) is 0 Å². The van der Waals surface area contributed by atoms with Crippen LogP contribution in [0.1, 0.15) is 24.9 Å². The van der Waals surface area contributed by atoms with Crippen LogP contribution in [0.25, 0.3) is 0 Å². The summed E-state index contributed by atoms with van der Waals surface area (Å²) in [5, 5.41) is 5.31. The Hall–Kier alpha value is -1.57. The molecule has 0 aromatic heterocycles. The molecule has 2 atom stereocenters. The molecule has 3 rings (SSSR count). The van der Waals surface area contributed by atoms with E-state index in [4.69, 9.17) is 4.74 Å². The van der Waals surface area contributed by atoms with Crippen molar-refractivity contribution >= 4 is 11.6 Å². The van der Waals surface area contributed by atoms with Gasteiger partial charge in [0, 0.05) is 31.2 Å². The highest BCUT2D eigenvalue weighted by atomic mass is 19.3. The maximum absolute atomic E-state index is 13.2. The molecule has 2 fully saturated rings. The highest BCUT2D eigenvalue weighted by molar-refractivity contribution is 5.95. The van der Waals surface area contributed by atoms with E-state index in [1.807, 2.05) is 18.2 Å². The van der Waals surface area contributed by atoms with Gasteiger partial charge in [-0.25, -0.2) is 8.78 Å². The van der Waals surface area contributed by atoms with Crippen LogP contribution in [-0.2, 0) is 9.53 Å². The third-order valence-electron chi connectivity index (χ3n) is 4.66. The van der Waals surface area contributed by atoms with Gasteiger partial charge in [0.2, 0.25) is 5.91 Å². The van der Waals surface area contributed by atoms with Gasteiger partial charge in [-0.3, -0.25) is 15.0 Å². The summed E-state index contributed by atoms with van der Waals surface area (Å²) in [7, 11) is 0. The van der Waals surface area contributed by atoms with Gasteiger partial charge in [-0.2, -0.15) is 0 Å². The molecule has 2 aliphatic rings. The lowest BCUT2D eigenvalue weighted by Crippen LogP contribution is -2.38. The molecule has 2 saturated heterocycles. The van der Waals surface area contributed by atoms with E-state index in [0.29, 0.717) is 5.69 Å². The van der Waals surface area contributed by atoms with Gasteiger partial charge in [0.05, 0.1) is 25.8 Å². The number of nitrogens with one attached hydrogen (secondary N) is 2. The number of morpholine rings is 1. The van der Waals surface area contributed by atoms with Gasteiger partial charge in [-0.1, -0.05) is 12.1 Å². The lowest BCUT2D eigenvalue weighted by Gasteiger charge is -2.32. The monoisotopic (exact) mass is 339 g/mol. The van der Waals surface area contributed by atoms with Crippen LogP contribution >= 0.6 is 0 Å². The van der Waals surface area contributed by atoms with Crippen molar-refractivity contribution in [3.8, 4) is 0 Å². The summed E-state index contributed by atoms with van der Waals surface area (Å²) in [6.45, 7) is 4.87. The normalized spacial score (nSPS) is 25.4. The third kappa shape index (κ3) is 4.09. The van der Waals surface area contributed by atoms with Crippen LogP contribution in [0.3, 0.4) is 0 Å². The Morgan fingerprint density at radius 2 is 2.17 bits per heavy atom. The number of anilines is 1. The summed E-state index contributed by atoms with van der Waals surface area (Å²) < 4.78 is 31.8. The average molecular weight is 339 g/mol. The largest absolute Gasteiger partial charge is 0.379 e. The van der Waals surface area contributed by atoms with E-state index in [-0.39, 0.29) is 6.04 Å². The summed E-state index contributed by atoms with van der Waals surface area (Å²) in [5.74, 6) is -3.22. The van der Waals surface area contributed by atoms with Gasteiger partial charge < -0.3 is 10.1 Å². The van der Waals surface area contributed by atoms with E-state index in [9.17, 15) is 13.6 Å². The Morgan fingerprint density at radius 1 is 1.42 bits per heavy atom. The zero-order valence-corrected chi connectivity index (χ0v) is 13.7. The number of amides is 1. The molecule has 1 aromatic rings. The van der Waals surface area contributed by atoms with E-state index in [0.717, 1.165) is 31.9 Å². The van der Waals surface area contributed by atoms with Crippen molar-refractivity contribution in [1.82, 2.24) is 10.2 Å². The number of nitrogens with zero attached hydrogens (tertiary/aromatic N) is 1. The molecule has 0 radical (unpaired) electrons. The smallest absolute Gasteiger partial charge is 0.262 e. The fraction of sp³-hybridized carbons (Fsp3) is 0.588. The Kier molecular flexibility index (Phi) is 5.12. The fourth-order valence-corrected chi connectivity index (χ4v) is 3.18. The Morgan fingerprint density at radius 3 is 2.83 bits per heavy atom. The first-order chi connectivity index (χ1) is 11.4. The highest BCUT2D eigenvalue weighted by Gasteiger charge is 2.42. The molecule has 1 aromatic carbocycles. The number of halogens is 2. The fourth-order valence-electron chi connectivity index (χ4n) is 3.18. The second kappa shape index (κ2) is 7.13. The van der Waals surface area contributed by atoms with Crippen LogP contribution in [-0.4, -0.2) is 55.6 Å². The number of carbonyl (C=O) groups excluding carboxylic acids is 1. The second-order valence-corrected chi connectivity index (χ2v) is 6.43. The molecule has 1 amide bonds. The quantitative estimate of drug-likeness (QED) is 0.881. The van der Waals surface area contributed by atoms with Crippen molar-refractivity contribution in [1.29, 1.82) is 0 Å². The number of alkyl halides is 2. The van der Waals surface area contributed by atoms with Gasteiger partial charge in [0.15, 0.2) is 0 Å². The number of carbonyl (C=O) groups is 1. The predicted molar refractivity (Wildman–Crippen MR) is 87.2 cm³/mol. The maximum atomic E-state index is 13.2. The van der Waals surface area contributed by atoms with Crippen LogP contribution < -0.4 is 10.6 Å². The van der Waals surface area contributed by atoms with E-state index >= 15 is 0 Å². The molecule has 0 bridgehead atoms. The van der Waals surface area contributed by atoms with E-state index in [1.54, 1.807) is 6.07 Å². The van der Waals surface area contributed by atoms with Gasteiger partial charge in [-0.05, 0) is 24.6 Å². The minimum absolute atomic E-state index is 0.208. The van der Waals surface area contributed by atoms with Crippen LogP contribution in [0.5, 0.6) is 0 Å². The zero-order valence-electron chi connectivity index (χ0n) is 13.7. The molecular weight excluding hydrogens is 316 g/mol. The Labute approximate surface area is 140 Å². The lowest BCUT2D eigenvalue weighted by atomic mass is 10.1. The molecule has 24 heavy (non-hydrogen) atoms. The molecule has 2 N–H and O–H groups in total. The first kappa shape index (κ1) is 17.3. The van der Waals surface area contributed by atoms with E-state index < -0.39 is 30.8 Å². The number of rotatable bonds is 4. The van der Waals surface area contributed by atoms with Crippen LogP contribution in [0, 0.1) is 0 Å². The summed E-state index contributed by atoms with van der Waals surface area (Å²) in [6.07, 6.45) is -0.456. The average Bonchev–Trinajstić information content (AvgIpc) is 2.95. The van der Waals surface area contributed by atoms with Crippen molar-refractivity contribution < 1.29 is 18.3 Å². The van der Waals surface area contributed by atoms with E-state index in [2.05, 4.69) is 22.5 Å². The second-order valence-electron chi connectivity index (χ2n) is 6.43. The molecule has 0 spiro atoms.